The lowest BCUT2D eigenvalue weighted by molar-refractivity contribution is -0.275. The van der Waals surface area contributed by atoms with Gasteiger partial charge in [0.1, 0.15) is 5.71 Å². The van der Waals surface area contributed by atoms with Gasteiger partial charge in [-0.15, -0.1) is 11.3 Å². The van der Waals surface area contributed by atoms with E-state index in [-0.39, 0.29) is 21.3 Å². The summed E-state index contributed by atoms with van der Waals surface area (Å²) in [6.07, 6.45) is -5.09. The molecule has 2 heterocycles. The number of halogens is 5. The number of alkyl halides is 3. The SMILES string of the molecule is FC(F)(F)C1(c2cc(Cl)cc(Cl)c2)CC(c2cccs2)=NO1. The van der Waals surface area contributed by atoms with Gasteiger partial charge in [0.2, 0.25) is 0 Å². The minimum Gasteiger partial charge on any atom is -0.374 e. The highest BCUT2D eigenvalue weighted by atomic mass is 35.5. The maximum absolute atomic E-state index is 13.7. The molecule has 0 radical (unpaired) electrons. The van der Waals surface area contributed by atoms with E-state index in [0.29, 0.717) is 4.88 Å². The van der Waals surface area contributed by atoms with E-state index in [2.05, 4.69) is 5.16 Å². The molecule has 0 spiro atoms. The highest BCUT2D eigenvalue weighted by molar-refractivity contribution is 7.12. The molecule has 116 valence electrons. The third-order valence-corrected chi connectivity index (χ3v) is 4.68. The van der Waals surface area contributed by atoms with Crippen molar-refractivity contribution in [3.05, 3.63) is 56.2 Å². The highest BCUT2D eigenvalue weighted by Gasteiger charge is 2.62. The quantitative estimate of drug-likeness (QED) is 0.674. The summed E-state index contributed by atoms with van der Waals surface area (Å²) in [4.78, 5) is 5.53. The number of hydrogen-bond acceptors (Lipinski definition) is 3. The second-order valence-corrected chi connectivity index (χ2v) is 6.59. The average molecular weight is 366 g/mol. The van der Waals surface area contributed by atoms with Crippen molar-refractivity contribution in [3.63, 3.8) is 0 Å². The number of benzene rings is 1. The van der Waals surface area contributed by atoms with Gasteiger partial charge >= 0.3 is 6.18 Å². The van der Waals surface area contributed by atoms with Gasteiger partial charge in [-0.25, -0.2) is 0 Å². The molecule has 0 aliphatic carbocycles. The molecule has 1 aromatic heterocycles. The Morgan fingerprint density at radius 3 is 2.41 bits per heavy atom. The van der Waals surface area contributed by atoms with Crippen molar-refractivity contribution in [3.8, 4) is 0 Å². The van der Waals surface area contributed by atoms with Crippen LogP contribution in [0.3, 0.4) is 0 Å². The maximum atomic E-state index is 13.7. The van der Waals surface area contributed by atoms with Gasteiger partial charge in [-0.2, -0.15) is 13.2 Å². The van der Waals surface area contributed by atoms with Crippen LogP contribution in [0.25, 0.3) is 0 Å². The molecule has 1 aliphatic rings. The highest BCUT2D eigenvalue weighted by Crippen LogP contribution is 2.49. The average Bonchev–Trinajstić information content (AvgIpc) is 3.06. The van der Waals surface area contributed by atoms with Gasteiger partial charge in [0.15, 0.2) is 0 Å². The monoisotopic (exact) mass is 365 g/mol. The van der Waals surface area contributed by atoms with Crippen LogP contribution in [0.2, 0.25) is 10.0 Å². The number of nitrogens with zero attached hydrogens (tertiary/aromatic N) is 1. The van der Waals surface area contributed by atoms with Crippen molar-refractivity contribution in [1.29, 1.82) is 0 Å². The van der Waals surface area contributed by atoms with E-state index < -0.39 is 18.2 Å². The van der Waals surface area contributed by atoms with Crippen LogP contribution in [-0.4, -0.2) is 11.9 Å². The summed E-state index contributed by atoms with van der Waals surface area (Å²) in [5.41, 5.74) is -2.47. The van der Waals surface area contributed by atoms with Crippen molar-refractivity contribution in [2.45, 2.75) is 18.2 Å². The standard InChI is InChI=1S/C14H8Cl2F3NOS/c15-9-4-8(5-10(16)6-9)13(14(17,18)19)7-11(20-21-13)12-2-1-3-22-12/h1-6H,7H2. The predicted molar refractivity (Wildman–Crippen MR) is 80.8 cm³/mol. The third-order valence-electron chi connectivity index (χ3n) is 3.32. The molecule has 0 N–H and O–H groups in total. The van der Waals surface area contributed by atoms with Gasteiger partial charge in [0.05, 0.1) is 11.3 Å². The molecule has 2 aromatic rings. The van der Waals surface area contributed by atoms with E-state index in [1.54, 1.807) is 17.5 Å². The van der Waals surface area contributed by atoms with E-state index in [1.807, 2.05) is 0 Å². The van der Waals surface area contributed by atoms with Crippen LogP contribution < -0.4 is 0 Å². The molecule has 0 bridgehead atoms. The molecule has 1 aromatic carbocycles. The van der Waals surface area contributed by atoms with Crippen LogP contribution in [0.5, 0.6) is 0 Å². The zero-order valence-electron chi connectivity index (χ0n) is 10.8. The number of hydrogen-bond donors (Lipinski definition) is 0. The van der Waals surface area contributed by atoms with E-state index in [9.17, 15) is 13.2 Å². The van der Waals surface area contributed by atoms with Gasteiger partial charge in [-0.3, -0.25) is 0 Å². The van der Waals surface area contributed by atoms with Crippen molar-refractivity contribution in [2.24, 2.45) is 5.16 Å². The first-order valence-corrected chi connectivity index (χ1v) is 7.78. The molecule has 8 heteroatoms. The van der Waals surface area contributed by atoms with Gasteiger partial charge < -0.3 is 4.84 Å². The lowest BCUT2D eigenvalue weighted by Crippen LogP contribution is -2.42. The summed E-state index contributed by atoms with van der Waals surface area (Å²) in [5.74, 6) is 0. The van der Waals surface area contributed by atoms with E-state index in [1.165, 1.54) is 29.5 Å². The fourth-order valence-corrected chi connectivity index (χ4v) is 3.50. The first kappa shape index (κ1) is 15.6. The molecule has 0 saturated carbocycles. The smallest absolute Gasteiger partial charge is 0.374 e. The summed E-state index contributed by atoms with van der Waals surface area (Å²) in [7, 11) is 0. The van der Waals surface area contributed by atoms with Crippen molar-refractivity contribution in [1.82, 2.24) is 0 Å². The Labute approximate surface area is 138 Å². The molecule has 1 atom stereocenters. The van der Waals surface area contributed by atoms with Crippen LogP contribution >= 0.6 is 34.5 Å². The zero-order chi connectivity index (χ0) is 16.0. The molecule has 2 nitrogen and oxygen atoms in total. The molecule has 22 heavy (non-hydrogen) atoms. The molecule has 1 unspecified atom stereocenters. The summed E-state index contributed by atoms with van der Waals surface area (Å²) in [6, 6.07) is 7.21. The van der Waals surface area contributed by atoms with E-state index >= 15 is 0 Å². The second kappa shape index (κ2) is 5.44. The van der Waals surface area contributed by atoms with Crippen LogP contribution in [0.1, 0.15) is 16.9 Å². The van der Waals surface area contributed by atoms with Gasteiger partial charge in [0.25, 0.3) is 5.60 Å². The van der Waals surface area contributed by atoms with E-state index in [0.717, 1.165) is 0 Å². The summed E-state index contributed by atoms with van der Waals surface area (Å²) < 4.78 is 41.1. The molecule has 3 rings (SSSR count). The van der Waals surface area contributed by atoms with Crippen molar-refractivity contribution in [2.75, 3.05) is 0 Å². The lowest BCUT2D eigenvalue weighted by atomic mass is 9.88. The molecule has 1 aliphatic heterocycles. The number of thiophene rings is 1. The molecule has 0 fully saturated rings. The lowest BCUT2D eigenvalue weighted by Gasteiger charge is -2.29. The topological polar surface area (TPSA) is 21.6 Å². The Bertz CT molecular complexity index is 710. The third kappa shape index (κ3) is 2.59. The minimum atomic E-state index is -4.66. The Morgan fingerprint density at radius 1 is 1.18 bits per heavy atom. The van der Waals surface area contributed by atoms with Crippen LogP contribution in [0.4, 0.5) is 13.2 Å². The summed E-state index contributed by atoms with van der Waals surface area (Å²) in [5, 5.41) is 5.64. The first-order valence-electron chi connectivity index (χ1n) is 6.14. The second-order valence-electron chi connectivity index (χ2n) is 4.77. The molecular weight excluding hydrogens is 358 g/mol. The Morgan fingerprint density at radius 2 is 1.86 bits per heavy atom. The Kier molecular flexibility index (Phi) is 3.87. The predicted octanol–water partition coefficient (Wildman–Crippen LogP) is 5.64. The maximum Gasteiger partial charge on any atom is 0.435 e. The Balaban J connectivity index is 2.06. The fourth-order valence-electron chi connectivity index (χ4n) is 2.27. The summed E-state index contributed by atoms with van der Waals surface area (Å²) >= 11 is 13.0. The van der Waals surface area contributed by atoms with Gasteiger partial charge in [-0.05, 0) is 29.6 Å². The van der Waals surface area contributed by atoms with Gasteiger partial charge in [0, 0.05) is 15.6 Å². The molecular formula is C14H8Cl2F3NOS. The molecule has 0 amide bonds. The van der Waals surface area contributed by atoms with Crippen molar-refractivity contribution >= 4 is 40.3 Å². The van der Waals surface area contributed by atoms with Gasteiger partial charge in [-0.1, -0.05) is 34.4 Å². The van der Waals surface area contributed by atoms with E-state index in [4.69, 9.17) is 28.0 Å². The normalized spacial score (nSPS) is 21.6. The fraction of sp³-hybridized carbons (Fsp3) is 0.214. The largest absolute Gasteiger partial charge is 0.435 e. The van der Waals surface area contributed by atoms with Crippen LogP contribution in [0.15, 0.2) is 40.9 Å². The Hall–Kier alpha value is -1.24. The summed E-state index contributed by atoms with van der Waals surface area (Å²) in [6.45, 7) is 0. The minimum absolute atomic E-state index is 0.110. The number of rotatable bonds is 2. The first-order chi connectivity index (χ1) is 10.3. The number of oxime groups is 1. The molecule has 0 saturated heterocycles. The van der Waals surface area contributed by atoms with Crippen LogP contribution in [-0.2, 0) is 10.4 Å². The van der Waals surface area contributed by atoms with Crippen molar-refractivity contribution < 1.29 is 18.0 Å². The van der Waals surface area contributed by atoms with Crippen LogP contribution in [0, 0.1) is 0 Å². The zero-order valence-corrected chi connectivity index (χ0v) is 13.2.